The van der Waals surface area contributed by atoms with Crippen LogP contribution in [-0.4, -0.2) is 53.9 Å². The molecule has 2 heterocycles. The molecular weight excluding hydrogens is 388 g/mol. The van der Waals surface area contributed by atoms with Crippen molar-refractivity contribution in [2.45, 2.75) is 116 Å². The van der Waals surface area contributed by atoms with Gasteiger partial charge in [0.15, 0.2) is 5.89 Å². The van der Waals surface area contributed by atoms with Crippen molar-refractivity contribution in [2.24, 2.45) is 5.92 Å². The molecule has 0 radical (unpaired) electrons. The average molecular weight is 437 g/mol. The molecule has 1 aliphatic rings. The van der Waals surface area contributed by atoms with Crippen molar-refractivity contribution in [3.63, 3.8) is 0 Å². The lowest BCUT2D eigenvalue weighted by atomic mass is 9.92. The Morgan fingerprint density at radius 2 is 1.81 bits per heavy atom. The molecule has 2 rings (SSSR count). The summed E-state index contributed by atoms with van der Waals surface area (Å²) in [5.74, 6) is 3.06. The molecule has 31 heavy (non-hydrogen) atoms. The van der Waals surface area contributed by atoms with Gasteiger partial charge in [0.2, 0.25) is 0 Å². The molecule has 0 aromatic carbocycles. The number of aryl methyl sites for hydroxylation is 1. The standard InChI is InChI=1S/C26H48N2O3/c1-6-23(13-8-7-12-20(2)18-24(30-5)14-11-17-29)26-27-25(22(4)31-26)19-21(3)28-15-9-10-16-28/h20-21,23-24,29H,6-19H2,1-5H3/t20-,21-,23+,24+/m1/s1. The van der Waals surface area contributed by atoms with Crippen LogP contribution in [0.3, 0.4) is 0 Å². The van der Waals surface area contributed by atoms with Gasteiger partial charge in [0.05, 0.1) is 11.8 Å². The second kappa shape index (κ2) is 14.3. The van der Waals surface area contributed by atoms with Crippen LogP contribution in [0.25, 0.3) is 0 Å². The molecule has 0 saturated carbocycles. The highest BCUT2D eigenvalue weighted by Gasteiger charge is 2.23. The molecule has 0 spiro atoms. The summed E-state index contributed by atoms with van der Waals surface area (Å²) < 4.78 is 11.7. The van der Waals surface area contributed by atoms with Crippen molar-refractivity contribution in [3.8, 4) is 0 Å². The van der Waals surface area contributed by atoms with Crippen molar-refractivity contribution < 1.29 is 14.3 Å². The van der Waals surface area contributed by atoms with E-state index in [1.165, 1.54) is 45.2 Å². The summed E-state index contributed by atoms with van der Waals surface area (Å²) in [7, 11) is 1.79. The number of aliphatic hydroxyl groups excluding tert-OH is 1. The van der Waals surface area contributed by atoms with Crippen LogP contribution in [0.5, 0.6) is 0 Å². The minimum absolute atomic E-state index is 0.256. The van der Waals surface area contributed by atoms with E-state index in [4.69, 9.17) is 19.2 Å². The van der Waals surface area contributed by atoms with Gasteiger partial charge in [-0.1, -0.05) is 33.1 Å². The van der Waals surface area contributed by atoms with Gasteiger partial charge in [0, 0.05) is 32.1 Å². The Morgan fingerprint density at radius 3 is 2.45 bits per heavy atom. The number of hydrogen-bond donors (Lipinski definition) is 1. The van der Waals surface area contributed by atoms with E-state index < -0.39 is 0 Å². The van der Waals surface area contributed by atoms with E-state index in [0.29, 0.717) is 17.9 Å². The van der Waals surface area contributed by atoms with Crippen LogP contribution in [0.15, 0.2) is 4.42 Å². The van der Waals surface area contributed by atoms with E-state index in [2.05, 4.69) is 32.6 Å². The molecule has 1 aromatic rings. The van der Waals surface area contributed by atoms with Gasteiger partial charge in [-0.05, 0) is 77.8 Å². The van der Waals surface area contributed by atoms with Gasteiger partial charge in [-0.25, -0.2) is 4.98 Å². The zero-order valence-corrected chi connectivity index (χ0v) is 20.9. The summed E-state index contributed by atoms with van der Waals surface area (Å²) in [6.07, 6.45) is 12.8. The molecule has 1 fully saturated rings. The third-order valence-electron chi connectivity index (χ3n) is 7.19. The van der Waals surface area contributed by atoms with E-state index in [-0.39, 0.29) is 12.7 Å². The highest BCUT2D eigenvalue weighted by atomic mass is 16.5. The number of hydrogen-bond acceptors (Lipinski definition) is 5. The molecule has 0 bridgehead atoms. The number of nitrogens with zero attached hydrogens (tertiary/aromatic N) is 2. The van der Waals surface area contributed by atoms with Gasteiger partial charge >= 0.3 is 0 Å². The zero-order valence-electron chi connectivity index (χ0n) is 20.9. The van der Waals surface area contributed by atoms with Gasteiger partial charge < -0.3 is 19.2 Å². The first-order chi connectivity index (χ1) is 15.0. The molecule has 0 aliphatic carbocycles. The Hall–Kier alpha value is -0.910. The second-order valence-corrected chi connectivity index (χ2v) is 9.81. The number of aromatic nitrogens is 1. The third-order valence-corrected chi connectivity index (χ3v) is 7.19. The van der Waals surface area contributed by atoms with Crippen molar-refractivity contribution in [1.29, 1.82) is 0 Å². The minimum atomic E-state index is 0.256. The van der Waals surface area contributed by atoms with Gasteiger partial charge in [-0.2, -0.15) is 0 Å². The molecule has 1 aliphatic heterocycles. The zero-order chi connectivity index (χ0) is 22.6. The molecule has 1 saturated heterocycles. The number of rotatable bonds is 16. The van der Waals surface area contributed by atoms with Crippen LogP contribution in [0.1, 0.15) is 108 Å². The summed E-state index contributed by atoms with van der Waals surface area (Å²) in [5, 5.41) is 9.03. The molecule has 5 heteroatoms. The van der Waals surface area contributed by atoms with E-state index >= 15 is 0 Å². The summed E-state index contributed by atoms with van der Waals surface area (Å²) in [5.41, 5.74) is 1.16. The lowest BCUT2D eigenvalue weighted by molar-refractivity contribution is 0.0676. The van der Waals surface area contributed by atoms with Crippen molar-refractivity contribution in [3.05, 3.63) is 17.3 Å². The average Bonchev–Trinajstić information content (AvgIpc) is 3.41. The molecule has 1 N–H and O–H groups in total. The van der Waals surface area contributed by atoms with Gasteiger partial charge in [0.25, 0.3) is 0 Å². The predicted molar refractivity (Wildman–Crippen MR) is 128 cm³/mol. The van der Waals surface area contributed by atoms with Crippen LogP contribution in [-0.2, 0) is 11.2 Å². The molecule has 4 atom stereocenters. The molecular formula is C26H48N2O3. The maximum absolute atomic E-state index is 9.03. The second-order valence-electron chi connectivity index (χ2n) is 9.81. The Balaban J connectivity index is 1.75. The molecule has 5 nitrogen and oxygen atoms in total. The Bertz CT molecular complexity index is 597. The van der Waals surface area contributed by atoms with E-state index in [1.807, 2.05) is 0 Å². The first-order valence-corrected chi connectivity index (χ1v) is 12.8. The third kappa shape index (κ3) is 8.86. The van der Waals surface area contributed by atoms with Crippen molar-refractivity contribution >= 4 is 0 Å². The Kier molecular flexibility index (Phi) is 12.1. The number of unbranched alkanes of at least 4 members (excludes halogenated alkanes) is 1. The van der Waals surface area contributed by atoms with E-state index in [1.54, 1.807) is 7.11 Å². The SMILES string of the molecule is CC[C@@H](CCCC[C@@H](C)C[C@H](CCCO)OC)c1nc(C[C@@H](C)N2CCCC2)c(C)o1. The highest BCUT2D eigenvalue weighted by Crippen LogP contribution is 2.29. The van der Waals surface area contributed by atoms with Crippen LogP contribution < -0.4 is 0 Å². The van der Waals surface area contributed by atoms with Gasteiger partial charge in [0.1, 0.15) is 5.76 Å². The molecule has 0 amide bonds. The number of likely N-dealkylation sites (tertiary alicyclic amines) is 1. The lowest BCUT2D eigenvalue weighted by Gasteiger charge is -2.22. The monoisotopic (exact) mass is 436 g/mol. The van der Waals surface area contributed by atoms with Crippen molar-refractivity contribution in [1.82, 2.24) is 9.88 Å². The number of oxazole rings is 1. The fraction of sp³-hybridized carbons (Fsp3) is 0.885. The maximum Gasteiger partial charge on any atom is 0.197 e. The number of methoxy groups -OCH3 is 1. The summed E-state index contributed by atoms with van der Waals surface area (Å²) in [6, 6.07) is 0.550. The summed E-state index contributed by atoms with van der Waals surface area (Å²) in [4.78, 5) is 7.54. The fourth-order valence-electron chi connectivity index (χ4n) is 5.01. The highest BCUT2D eigenvalue weighted by molar-refractivity contribution is 5.12. The first kappa shape index (κ1) is 26.3. The van der Waals surface area contributed by atoms with Crippen LogP contribution in [0.4, 0.5) is 0 Å². The predicted octanol–water partition coefficient (Wildman–Crippen LogP) is 5.88. The number of aliphatic hydroxyl groups is 1. The van der Waals surface area contributed by atoms with Crippen LogP contribution in [0.2, 0.25) is 0 Å². The van der Waals surface area contributed by atoms with Crippen molar-refractivity contribution in [2.75, 3.05) is 26.8 Å². The van der Waals surface area contributed by atoms with Crippen LogP contribution >= 0.6 is 0 Å². The smallest absolute Gasteiger partial charge is 0.197 e. The number of ether oxygens (including phenoxy) is 1. The summed E-state index contributed by atoms with van der Waals surface area (Å²) in [6.45, 7) is 11.7. The van der Waals surface area contributed by atoms with Crippen LogP contribution in [0, 0.1) is 12.8 Å². The fourth-order valence-corrected chi connectivity index (χ4v) is 5.01. The maximum atomic E-state index is 9.03. The van der Waals surface area contributed by atoms with Gasteiger partial charge in [-0.3, -0.25) is 0 Å². The largest absolute Gasteiger partial charge is 0.445 e. The Morgan fingerprint density at radius 1 is 1.10 bits per heavy atom. The minimum Gasteiger partial charge on any atom is -0.445 e. The quantitative estimate of drug-likeness (QED) is 0.328. The summed E-state index contributed by atoms with van der Waals surface area (Å²) >= 11 is 0. The topological polar surface area (TPSA) is 58.7 Å². The normalized spacial score (nSPS) is 18.9. The molecule has 1 aromatic heterocycles. The lowest BCUT2D eigenvalue weighted by Crippen LogP contribution is -2.32. The van der Waals surface area contributed by atoms with Gasteiger partial charge in [-0.15, -0.1) is 0 Å². The first-order valence-electron chi connectivity index (χ1n) is 12.8. The molecule has 0 unspecified atom stereocenters. The van der Waals surface area contributed by atoms with E-state index in [9.17, 15) is 0 Å². The van der Waals surface area contributed by atoms with E-state index in [0.717, 1.165) is 55.9 Å². The molecule has 180 valence electrons. The Labute approximate surface area is 191 Å².